The van der Waals surface area contributed by atoms with Crippen molar-refractivity contribution in [1.29, 1.82) is 0 Å². The van der Waals surface area contributed by atoms with Gasteiger partial charge in [-0.3, -0.25) is 0 Å². The molecule has 1 fully saturated rings. The maximum absolute atomic E-state index is 11.7. The van der Waals surface area contributed by atoms with Gasteiger partial charge in [-0.15, -0.1) is 6.58 Å². The molecule has 0 amide bonds. The van der Waals surface area contributed by atoms with Gasteiger partial charge in [0, 0.05) is 12.3 Å². The van der Waals surface area contributed by atoms with Crippen molar-refractivity contribution in [2.24, 2.45) is 5.92 Å². The summed E-state index contributed by atoms with van der Waals surface area (Å²) in [5.41, 5.74) is 0. The summed E-state index contributed by atoms with van der Waals surface area (Å²) in [4.78, 5) is 11.7. The predicted molar refractivity (Wildman–Crippen MR) is 88.7 cm³/mol. The SMILES string of the molecule is C=CCC/C=C/COC1(C(=O)O)CC(O)C(C)C(C(O)C(O)CO)O1. The molecular formula is C17H28O8. The van der Waals surface area contributed by atoms with Gasteiger partial charge in [-0.1, -0.05) is 25.2 Å². The Morgan fingerprint density at radius 3 is 2.64 bits per heavy atom. The van der Waals surface area contributed by atoms with Crippen molar-refractivity contribution >= 4 is 5.97 Å². The molecule has 0 bridgehead atoms. The lowest BCUT2D eigenvalue weighted by atomic mass is 9.84. The first-order chi connectivity index (χ1) is 11.8. The monoisotopic (exact) mass is 360 g/mol. The zero-order chi connectivity index (χ0) is 19.0. The third-order valence-corrected chi connectivity index (χ3v) is 4.29. The first-order valence-corrected chi connectivity index (χ1v) is 8.25. The Morgan fingerprint density at radius 1 is 1.40 bits per heavy atom. The molecule has 5 N–H and O–H groups in total. The van der Waals surface area contributed by atoms with Gasteiger partial charge in [-0.05, 0) is 12.8 Å². The molecule has 0 spiro atoms. The third kappa shape index (κ3) is 5.60. The van der Waals surface area contributed by atoms with E-state index in [1.54, 1.807) is 25.2 Å². The van der Waals surface area contributed by atoms with E-state index in [0.29, 0.717) is 0 Å². The van der Waals surface area contributed by atoms with Crippen molar-refractivity contribution < 1.29 is 39.8 Å². The summed E-state index contributed by atoms with van der Waals surface area (Å²) in [6, 6.07) is 0. The van der Waals surface area contributed by atoms with Crippen LogP contribution in [0.1, 0.15) is 26.2 Å². The lowest BCUT2D eigenvalue weighted by Gasteiger charge is -2.45. The number of aliphatic hydroxyl groups excluding tert-OH is 4. The Kier molecular flexibility index (Phi) is 8.70. The van der Waals surface area contributed by atoms with Crippen molar-refractivity contribution in [3.05, 3.63) is 24.8 Å². The Labute approximate surface area is 147 Å². The van der Waals surface area contributed by atoms with Crippen LogP contribution in [0.4, 0.5) is 0 Å². The standard InChI is InChI=1S/C17H28O8/c1-3-4-5-6-7-8-24-17(16(22)23)9-12(19)11(2)15(25-17)14(21)13(20)10-18/h3,6-7,11-15,18-21H,1,4-5,8-10H2,2H3,(H,22,23)/b7-6+. The van der Waals surface area contributed by atoms with Crippen LogP contribution in [-0.4, -0.2) is 74.9 Å². The molecule has 6 atom stereocenters. The van der Waals surface area contributed by atoms with E-state index in [9.17, 15) is 25.2 Å². The molecule has 6 unspecified atom stereocenters. The average molecular weight is 360 g/mol. The molecule has 0 aliphatic carbocycles. The van der Waals surface area contributed by atoms with Crippen LogP contribution in [0.25, 0.3) is 0 Å². The molecule has 25 heavy (non-hydrogen) atoms. The van der Waals surface area contributed by atoms with Gasteiger partial charge in [0.1, 0.15) is 12.2 Å². The smallest absolute Gasteiger partial charge is 0.364 e. The van der Waals surface area contributed by atoms with Crippen molar-refractivity contribution in [1.82, 2.24) is 0 Å². The molecule has 0 saturated carbocycles. The van der Waals surface area contributed by atoms with Crippen molar-refractivity contribution in [3.8, 4) is 0 Å². The fraction of sp³-hybridized carbons (Fsp3) is 0.706. The summed E-state index contributed by atoms with van der Waals surface area (Å²) >= 11 is 0. The van der Waals surface area contributed by atoms with Gasteiger partial charge in [0.2, 0.25) is 0 Å². The second-order valence-electron chi connectivity index (χ2n) is 6.16. The van der Waals surface area contributed by atoms with E-state index in [1.807, 2.05) is 0 Å². The minimum absolute atomic E-state index is 0.0596. The topological polar surface area (TPSA) is 137 Å². The number of carboxylic acid groups (broad SMARTS) is 1. The fourth-order valence-corrected chi connectivity index (χ4v) is 2.64. The van der Waals surface area contributed by atoms with E-state index in [2.05, 4.69) is 6.58 Å². The highest BCUT2D eigenvalue weighted by Crippen LogP contribution is 2.36. The van der Waals surface area contributed by atoms with Crippen molar-refractivity contribution in [2.45, 2.75) is 56.4 Å². The zero-order valence-electron chi connectivity index (χ0n) is 14.3. The number of aliphatic hydroxyl groups is 4. The second kappa shape index (κ2) is 10.0. The molecule has 1 saturated heterocycles. The number of ether oxygens (including phenoxy) is 2. The van der Waals surface area contributed by atoms with Crippen LogP contribution in [0.3, 0.4) is 0 Å². The maximum atomic E-state index is 11.7. The largest absolute Gasteiger partial charge is 0.477 e. The summed E-state index contributed by atoms with van der Waals surface area (Å²) in [7, 11) is 0. The number of allylic oxidation sites excluding steroid dienone is 2. The van der Waals surface area contributed by atoms with Crippen LogP contribution in [0.5, 0.6) is 0 Å². The molecule has 144 valence electrons. The highest BCUT2D eigenvalue weighted by molar-refractivity contribution is 5.76. The van der Waals surface area contributed by atoms with E-state index >= 15 is 0 Å². The lowest BCUT2D eigenvalue weighted by Crippen LogP contribution is -2.61. The van der Waals surface area contributed by atoms with Crippen LogP contribution >= 0.6 is 0 Å². The highest BCUT2D eigenvalue weighted by atomic mass is 16.7. The third-order valence-electron chi connectivity index (χ3n) is 4.29. The number of hydrogen-bond acceptors (Lipinski definition) is 7. The highest BCUT2D eigenvalue weighted by Gasteiger charge is 2.53. The van der Waals surface area contributed by atoms with Gasteiger partial charge in [0.15, 0.2) is 0 Å². The minimum atomic E-state index is -2.14. The molecule has 1 rings (SSSR count). The molecule has 8 nitrogen and oxygen atoms in total. The summed E-state index contributed by atoms with van der Waals surface area (Å²) < 4.78 is 10.9. The van der Waals surface area contributed by atoms with E-state index in [4.69, 9.17) is 14.6 Å². The molecule has 8 heteroatoms. The number of unbranched alkanes of at least 4 members (excludes halogenated alkanes) is 1. The summed E-state index contributed by atoms with van der Waals surface area (Å²) in [5.74, 6) is -4.24. The first-order valence-electron chi connectivity index (χ1n) is 8.25. The molecule has 1 heterocycles. The van der Waals surface area contributed by atoms with Crippen molar-refractivity contribution in [2.75, 3.05) is 13.2 Å². The Balaban J connectivity index is 2.88. The summed E-state index contributed by atoms with van der Waals surface area (Å²) in [6.07, 6.45) is 0.956. The van der Waals surface area contributed by atoms with Crippen LogP contribution in [0.15, 0.2) is 24.8 Å². The van der Waals surface area contributed by atoms with Gasteiger partial charge in [0.25, 0.3) is 5.79 Å². The first kappa shape index (κ1) is 21.8. The quantitative estimate of drug-likeness (QED) is 0.267. The van der Waals surface area contributed by atoms with Crippen LogP contribution in [0.2, 0.25) is 0 Å². The second-order valence-corrected chi connectivity index (χ2v) is 6.16. The molecule has 0 radical (unpaired) electrons. The van der Waals surface area contributed by atoms with Gasteiger partial charge in [0.05, 0.1) is 25.4 Å². The predicted octanol–water partition coefficient (Wildman–Crippen LogP) is -0.194. The number of carbonyl (C=O) groups is 1. The molecule has 0 aromatic carbocycles. The maximum Gasteiger partial charge on any atom is 0.364 e. The molecular weight excluding hydrogens is 332 g/mol. The Morgan fingerprint density at radius 2 is 2.08 bits per heavy atom. The zero-order valence-corrected chi connectivity index (χ0v) is 14.3. The molecule has 0 aromatic heterocycles. The number of carboxylic acids is 1. The molecule has 0 aromatic rings. The Hall–Kier alpha value is -1.29. The van der Waals surface area contributed by atoms with Gasteiger partial charge < -0.3 is 35.0 Å². The van der Waals surface area contributed by atoms with Gasteiger partial charge in [-0.2, -0.15) is 0 Å². The summed E-state index contributed by atoms with van der Waals surface area (Å²) in [5, 5.41) is 48.4. The minimum Gasteiger partial charge on any atom is -0.477 e. The van der Waals surface area contributed by atoms with E-state index in [0.717, 1.165) is 12.8 Å². The summed E-state index contributed by atoms with van der Waals surface area (Å²) in [6.45, 7) is 4.37. The average Bonchev–Trinajstić information content (AvgIpc) is 2.59. The van der Waals surface area contributed by atoms with E-state index in [1.165, 1.54) is 0 Å². The fourth-order valence-electron chi connectivity index (χ4n) is 2.64. The van der Waals surface area contributed by atoms with Crippen molar-refractivity contribution in [3.63, 3.8) is 0 Å². The lowest BCUT2D eigenvalue weighted by molar-refractivity contribution is -0.315. The Bertz CT molecular complexity index is 466. The van der Waals surface area contributed by atoms with Gasteiger partial charge >= 0.3 is 5.97 Å². The van der Waals surface area contributed by atoms with E-state index < -0.39 is 48.7 Å². The normalized spacial score (nSPS) is 32.4. The van der Waals surface area contributed by atoms with Crippen LogP contribution < -0.4 is 0 Å². The number of rotatable bonds is 10. The van der Waals surface area contributed by atoms with E-state index in [-0.39, 0.29) is 13.0 Å². The molecule has 1 aliphatic heterocycles. The van der Waals surface area contributed by atoms with Gasteiger partial charge in [-0.25, -0.2) is 4.79 Å². The van der Waals surface area contributed by atoms with Crippen LogP contribution in [0, 0.1) is 5.92 Å². The number of aliphatic carboxylic acids is 1. The number of hydrogen-bond donors (Lipinski definition) is 5. The van der Waals surface area contributed by atoms with Crippen LogP contribution in [-0.2, 0) is 14.3 Å². The molecule has 1 aliphatic rings.